The molecule has 0 spiro atoms. The quantitative estimate of drug-likeness (QED) is 0.784. The number of rotatable bonds is 4. The van der Waals surface area contributed by atoms with Gasteiger partial charge in [0.05, 0.1) is 18.2 Å². The molecule has 100 valence electrons. The van der Waals surface area contributed by atoms with Crippen molar-refractivity contribution in [2.75, 3.05) is 5.73 Å². The lowest BCUT2D eigenvalue weighted by Gasteiger charge is -2.09. The summed E-state index contributed by atoms with van der Waals surface area (Å²) in [6, 6.07) is 9.77. The van der Waals surface area contributed by atoms with Gasteiger partial charge in [0.25, 0.3) is 0 Å². The van der Waals surface area contributed by atoms with Crippen molar-refractivity contribution in [3.05, 3.63) is 60.9 Å². The van der Waals surface area contributed by atoms with Crippen LogP contribution in [0.15, 0.2) is 55.2 Å². The molecule has 3 rings (SSSR count). The number of anilines is 1. The predicted molar refractivity (Wildman–Crippen MR) is 77.8 cm³/mol. The Kier molecular flexibility index (Phi) is 3.41. The molecule has 3 aromatic rings. The molecule has 0 aliphatic heterocycles. The van der Waals surface area contributed by atoms with E-state index in [1.165, 1.54) is 0 Å². The number of aromatic nitrogens is 4. The van der Waals surface area contributed by atoms with Crippen LogP contribution < -0.4 is 5.73 Å². The lowest BCUT2D eigenvalue weighted by atomic mass is 10.2. The second-order valence-corrected chi connectivity index (χ2v) is 4.48. The summed E-state index contributed by atoms with van der Waals surface area (Å²) in [6.07, 6.45) is 7.97. The minimum Gasteiger partial charge on any atom is -0.383 e. The van der Waals surface area contributed by atoms with Gasteiger partial charge < -0.3 is 10.3 Å². The first-order valence-corrected chi connectivity index (χ1v) is 6.45. The first kappa shape index (κ1) is 12.3. The molecule has 3 aromatic heterocycles. The largest absolute Gasteiger partial charge is 0.383 e. The van der Waals surface area contributed by atoms with Crippen molar-refractivity contribution in [3.8, 4) is 11.3 Å². The van der Waals surface area contributed by atoms with Gasteiger partial charge in [-0.05, 0) is 24.3 Å². The molecule has 0 atom stereocenters. The highest BCUT2D eigenvalue weighted by Gasteiger charge is 2.08. The number of nitrogen functional groups attached to an aromatic ring is 1. The zero-order valence-corrected chi connectivity index (χ0v) is 11.0. The average Bonchev–Trinajstić information content (AvgIpc) is 2.95. The number of nitrogens with two attached hydrogens (primary N) is 1. The molecule has 0 bridgehead atoms. The predicted octanol–water partition coefficient (Wildman–Crippen LogP) is 2.17. The summed E-state index contributed by atoms with van der Waals surface area (Å²) >= 11 is 0. The SMILES string of the molecule is Nc1ncccc1-c1cncn1CCc1ccccn1. The Balaban J connectivity index is 1.83. The number of aryl methyl sites for hydroxylation is 2. The van der Waals surface area contributed by atoms with Gasteiger partial charge >= 0.3 is 0 Å². The van der Waals surface area contributed by atoms with Gasteiger partial charge in [-0.3, -0.25) is 4.98 Å². The Bertz CT molecular complexity index is 690. The summed E-state index contributed by atoms with van der Waals surface area (Å²) in [7, 11) is 0. The zero-order chi connectivity index (χ0) is 13.8. The Hall–Kier alpha value is -2.69. The Labute approximate surface area is 117 Å². The van der Waals surface area contributed by atoms with E-state index < -0.39 is 0 Å². The Morgan fingerprint density at radius 1 is 1.05 bits per heavy atom. The standard InChI is InChI=1S/C15H15N5/c16-15-13(5-3-8-19-15)14-10-17-11-20(14)9-6-12-4-1-2-7-18-12/h1-5,7-8,10-11H,6,9H2,(H2,16,19). The van der Waals surface area contributed by atoms with Crippen LogP contribution in [0.1, 0.15) is 5.69 Å². The van der Waals surface area contributed by atoms with Crippen LogP contribution in [0.4, 0.5) is 5.82 Å². The minimum absolute atomic E-state index is 0.520. The molecule has 2 N–H and O–H groups in total. The fourth-order valence-corrected chi connectivity index (χ4v) is 2.14. The number of pyridine rings is 2. The van der Waals surface area contributed by atoms with Crippen LogP contribution in [0.2, 0.25) is 0 Å². The summed E-state index contributed by atoms with van der Waals surface area (Å²) < 4.78 is 2.07. The van der Waals surface area contributed by atoms with E-state index >= 15 is 0 Å². The molecule has 0 radical (unpaired) electrons. The van der Waals surface area contributed by atoms with E-state index in [2.05, 4.69) is 19.5 Å². The molecule has 0 saturated heterocycles. The van der Waals surface area contributed by atoms with Crippen LogP contribution in [-0.2, 0) is 13.0 Å². The third-order valence-corrected chi connectivity index (χ3v) is 3.16. The maximum Gasteiger partial charge on any atom is 0.132 e. The van der Waals surface area contributed by atoms with E-state index in [0.717, 1.165) is 29.9 Å². The molecule has 0 unspecified atom stereocenters. The summed E-state index contributed by atoms with van der Waals surface area (Å²) in [5, 5.41) is 0. The molecule has 3 heterocycles. The molecule has 20 heavy (non-hydrogen) atoms. The second kappa shape index (κ2) is 5.52. The van der Waals surface area contributed by atoms with Gasteiger partial charge in [-0.25, -0.2) is 9.97 Å². The van der Waals surface area contributed by atoms with Crippen LogP contribution in [0, 0.1) is 0 Å². The number of imidazole rings is 1. The van der Waals surface area contributed by atoms with Crippen molar-refractivity contribution in [1.29, 1.82) is 0 Å². The highest BCUT2D eigenvalue weighted by Crippen LogP contribution is 2.23. The molecule has 5 nitrogen and oxygen atoms in total. The van der Waals surface area contributed by atoms with E-state index in [1.807, 2.05) is 49.1 Å². The third-order valence-electron chi connectivity index (χ3n) is 3.16. The van der Waals surface area contributed by atoms with Gasteiger partial charge in [0.2, 0.25) is 0 Å². The van der Waals surface area contributed by atoms with Gasteiger partial charge in [-0.15, -0.1) is 0 Å². The van der Waals surface area contributed by atoms with E-state index in [1.54, 1.807) is 6.20 Å². The first-order chi connectivity index (χ1) is 9.84. The van der Waals surface area contributed by atoms with Gasteiger partial charge in [0, 0.05) is 36.6 Å². The molecular weight excluding hydrogens is 250 g/mol. The van der Waals surface area contributed by atoms with Crippen molar-refractivity contribution in [2.45, 2.75) is 13.0 Å². The fourth-order valence-electron chi connectivity index (χ4n) is 2.14. The number of nitrogens with zero attached hydrogens (tertiary/aromatic N) is 4. The van der Waals surface area contributed by atoms with Gasteiger partial charge in [0.15, 0.2) is 0 Å². The molecule has 0 aliphatic carbocycles. The highest BCUT2D eigenvalue weighted by molar-refractivity contribution is 5.70. The Morgan fingerprint density at radius 2 is 1.95 bits per heavy atom. The number of hydrogen-bond donors (Lipinski definition) is 1. The molecule has 0 aromatic carbocycles. The van der Waals surface area contributed by atoms with E-state index in [0.29, 0.717) is 5.82 Å². The first-order valence-electron chi connectivity index (χ1n) is 6.45. The van der Waals surface area contributed by atoms with Gasteiger partial charge in [0.1, 0.15) is 5.82 Å². The van der Waals surface area contributed by atoms with Crippen LogP contribution in [0.25, 0.3) is 11.3 Å². The monoisotopic (exact) mass is 265 g/mol. The average molecular weight is 265 g/mol. The van der Waals surface area contributed by atoms with Crippen molar-refractivity contribution >= 4 is 5.82 Å². The molecular formula is C15H15N5. The second-order valence-electron chi connectivity index (χ2n) is 4.48. The van der Waals surface area contributed by atoms with Crippen LogP contribution in [0.3, 0.4) is 0 Å². The van der Waals surface area contributed by atoms with Crippen LogP contribution in [-0.4, -0.2) is 19.5 Å². The maximum absolute atomic E-state index is 5.92. The lowest BCUT2D eigenvalue weighted by Crippen LogP contribution is -2.04. The highest BCUT2D eigenvalue weighted by atomic mass is 15.0. The summed E-state index contributed by atoms with van der Waals surface area (Å²) in [4.78, 5) is 12.7. The fraction of sp³-hybridized carbons (Fsp3) is 0.133. The molecule has 0 fully saturated rings. The lowest BCUT2D eigenvalue weighted by molar-refractivity contribution is 0.690. The number of hydrogen-bond acceptors (Lipinski definition) is 4. The molecule has 0 saturated carbocycles. The van der Waals surface area contributed by atoms with Crippen LogP contribution in [0.5, 0.6) is 0 Å². The molecule has 5 heteroatoms. The van der Waals surface area contributed by atoms with Crippen molar-refractivity contribution in [2.24, 2.45) is 0 Å². The van der Waals surface area contributed by atoms with Gasteiger partial charge in [-0.1, -0.05) is 6.07 Å². The van der Waals surface area contributed by atoms with E-state index in [-0.39, 0.29) is 0 Å². The Morgan fingerprint density at radius 3 is 2.75 bits per heavy atom. The molecule has 0 amide bonds. The topological polar surface area (TPSA) is 69.6 Å². The summed E-state index contributed by atoms with van der Waals surface area (Å²) in [6.45, 7) is 0.806. The van der Waals surface area contributed by atoms with Crippen molar-refractivity contribution in [1.82, 2.24) is 19.5 Å². The van der Waals surface area contributed by atoms with Crippen LogP contribution >= 0.6 is 0 Å². The molecule has 0 aliphatic rings. The third kappa shape index (κ3) is 2.51. The normalized spacial score (nSPS) is 10.6. The maximum atomic E-state index is 5.92. The zero-order valence-electron chi connectivity index (χ0n) is 11.0. The minimum atomic E-state index is 0.520. The van der Waals surface area contributed by atoms with Crippen molar-refractivity contribution < 1.29 is 0 Å². The summed E-state index contributed by atoms with van der Waals surface area (Å²) in [5.41, 5.74) is 8.87. The van der Waals surface area contributed by atoms with E-state index in [4.69, 9.17) is 5.73 Å². The van der Waals surface area contributed by atoms with Crippen molar-refractivity contribution in [3.63, 3.8) is 0 Å². The summed E-state index contributed by atoms with van der Waals surface area (Å²) in [5.74, 6) is 0.520. The van der Waals surface area contributed by atoms with Gasteiger partial charge in [-0.2, -0.15) is 0 Å². The van der Waals surface area contributed by atoms with E-state index in [9.17, 15) is 0 Å². The smallest absolute Gasteiger partial charge is 0.132 e.